The fourth-order valence-electron chi connectivity index (χ4n) is 6.04. The Kier molecular flexibility index (Phi) is 5.75. The van der Waals surface area contributed by atoms with Crippen molar-refractivity contribution in [1.29, 1.82) is 0 Å². The Labute approximate surface area is 228 Å². The van der Waals surface area contributed by atoms with Gasteiger partial charge in [0.1, 0.15) is 16.1 Å². The molecule has 0 spiro atoms. The molecule has 2 aliphatic heterocycles. The van der Waals surface area contributed by atoms with Crippen LogP contribution in [0.2, 0.25) is 0 Å². The summed E-state index contributed by atoms with van der Waals surface area (Å²) in [5, 5.41) is 3.28. The summed E-state index contributed by atoms with van der Waals surface area (Å²) in [5.41, 5.74) is 2.13. The van der Waals surface area contributed by atoms with Crippen LogP contribution in [-0.4, -0.2) is 65.5 Å². The molecule has 2 aromatic carbocycles. The van der Waals surface area contributed by atoms with Crippen LogP contribution in [0.5, 0.6) is 5.75 Å². The highest BCUT2D eigenvalue weighted by molar-refractivity contribution is 7.24. The van der Waals surface area contributed by atoms with Gasteiger partial charge in [-0.15, -0.1) is 11.3 Å². The number of likely N-dealkylation sites (tertiary alicyclic amines) is 1. The lowest BCUT2D eigenvalue weighted by Crippen LogP contribution is -2.30. The first-order valence-electron chi connectivity index (χ1n) is 13.1. The van der Waals surface area contributed by atoms with Gasteiger partial charge in [0.2, 0.25) is 11.4 Å². The fraction of sp³-hybridized carbons (Fsp3) is 0.310. The number of carbonyl (C=O) groups is 1. The molecule has 9 nitrogen and oxygen atoms in total. The van der Waals surface area contributed by atoms with Gasteiger partial charge in [-0.05, 0) is 48.7 Å². The Morgan fingerprint density at radius 1 is 1.08 bits per heavy atom. The molecule has 0 radical (unpaired) electrons. The summed E-state index contributed by atoms with van der Waals surface area (Å²) in [5.74, 6) is 2.18. The molecule has 198 valence electrons. The van der Waals surface area contributed by atoms with Gasteiger partial charge in [-0.25, -0.2) is 4.98 Å². The van der Waals surface area contributed by atoms with E-state index < -0.39 is 5.91 Å². The van der Waals surface area contributed by atoms with E-state index in [4.69, 9.17) is 9.72 Å². The molecule has 39 heavy (non-hydrogen) atoms. The number of nitrogens with zero attached hydrogens (tertiary/aromatic N) is 5. The largest absolute Gasteiger partial charge is 0.497 e. The highest BCUT2D eigenvalue weighted by Gasteiger charge is 2.39. The minimum atomic E-state index is -0.415. The Bertz CT molecular complexity index is 1780. The van der Waals surface area contributed by atoms with Crippen LogP contribution in [0.1, 0.15) is 15.9 Å². The van der Waals surface area contributed by atoms with Crippen LogP contribution < -0.4 is 20.4 Å². The zero-order chi connectivity index (χ0) is 26.7. The first-order chi connectivity index (χ1) is 19.0. The van der Waals surface area contributed by atoms with E-state index in [2.05, 4.69) is 27.1 Å². The predicted molar refractivity (Wildman–Crippen MR) is 153 cm³/mol. The number of hydrogen-bond acceptors (Lipinski definition) is 8. The van der Waals surface area contributed by atoms with Crippen LogP contribution in [0.25, 0.3) is 26.1 Å². The summed E-state index contributed by atoms with van der Waals surface area (Å²) in [6, 6.07) is 15.4. The monoisotopic (exact) mass is 540 g/mol. The number of fused-ring (bicyclic) bond motifs is 6. The van der Waals surface area contributed by atoms with Crippen molar-refractivity contribution in [3.05, 3.63) is 76.1 Å². The summed E-state index contributed by atoms with van der Waals surface area (Å²) in [4.78, 5) is 42.1. The lowest BCUT2D eigenvalue weighted by molar-refractivity contribution is 0.0951. The number of nitrogens with one attached hydrogen (secondary N) is 1. The van der Waals surface area contributed by atoms with E-state index in [1.165, 1.54) is 11.3 Å². The van der Waals surface area contributed by atoms with E-state index in [-0.39, 0.29) is 11.0 Å². The van der Waals surface area contributed by atoms with Gasteiger partial charge in [0.15, 0.2) is 5.65 Å². The topological polar surface area (TPSA) is 92.1 Å². The molecule has 2 aliphatic rings. The van der Waals surface area contributed by atoms with Crippen LogP contribution >= 0.6 is 11.3 Å². The zero-order valence-electron chi connectivity index (χ0n) is 21.8. The van der Waals surface area contributed by atoms with Crippen molar-refractivity contribution in [3.8, 4) is 5.75 Å². The van der Waals surface area contributed by atoms with Crippen LogP contribution in [0.3, 0.4) is 0 Å². The molecule has 0 aliphatic carbocycles. The number of amides is 1. The number of carbonyl (C=O) groups excluding carboxylic acids is 1. The molecule has 5 aromatic rings. The summed E-state index contributed by atoms with van der Waals surface area (Å²) in [6.07, 6.45) is 1.60. The van der Waals surface area contributed by atoms with Gasteiger partial charge in [0, 0.05) is 38.9 Å². The van der Waals surface area contributed by atoms with Gasteiger partial charge in [-0.1, -0.05) is 24.3 Å². The Morgan fingerprint density at radius 3 is 2.56 bits per heavy atom. The lowest BCUT2D eigenvalue weighted by Gasteiger charge is -2.19. The molecule has 1 N–H and O–H groups in total. The van der Waals surface area contributed by atoms with E-state index in [1.807, 2.05) is 52.9 Å². The standard InChI is InChI=1S/C29H28N6O3S/c1-33-13-18-15-34(16-19(18)14-33)29-31-12-21-25(36)24(27(37)30-11-17-7-9-20(38-2)10-8-17)28-35(26(21)32-29)22-5-3-4-6-23(22)39-28/h3-10,12,18-19H,11,13-16H2,1-2H3,(H,30,37). The average Bonchev–Trinajstić information content (AvgIpc) is 3.63. The number of para-hydroxylation sites is 1. The molecule has 3 aromatic heterocycles. The second kappa shape index (κ2) is 9.32. The third kappa shape index (κ3) is 4.02. The molecule has 0 bridgehead atoms. The summed E-state index contributed by atoms with van der Waals surface area (Å²) in [6.45, 7) is 4.29. The second-order valence-electron chi connectivity index (χ2n) is 10.5. The van der Waals surface area contributed by atoms with E-state index in [0.717, 1.165) is 47.7 Å². The number of hydrogen-bond donors (Lipinski definition) is 1. The molecule has 2 saturated heterocycles. The molecular weight excluding hydrogens is 512 g/mol. The number of aromatic nitrogens is 3. The van der Waals surface area contributed by atoms with Crippen LogP contribution in [-0.2, 0) is 6.54 Å². The van der Waals surface area contributed by atoms with Gasteiger partial charge in [-0.3, -0.25) is 14.0 Å². The van der Waals surface area contributed by atoms with Crippen molar-refractivity contribution in [2.24, 2.45) is 11.8 Å². The number of anilines is 1. The van der Waals surface area contributed by atoms with Gasteiger partial charge in [0.05, 0.1) is 22.7 Å². The number of thiazole rings is 1. The number of rotatable bonds is 5. The molecule has 2 unspecified atom stereocenters. The van der Waals surface area contributed by atoms with Gasteiger partial charge in [-0.2, -0.15) is 4.98 Å². The van der Waals surface area contributed by atoms with Crippen molar-refractivity contribution >= 4 is 49.3 Å². The molecule has 10 heteroatoms. The van der Waals surface area contributed by atoms with E-state index in [1.54, 1.807) is 13.3 Å². The first kappa shape index (κ1) is 24.1. The Hall–Kier alpha value is -4.02. The first-order valence-corrected chi connectivity index (χ1v) is 13.9. The molecule has 2 atom stereocenters. The zero-order valence-corrected chi connectivity index (χ0v) is 22.6. The summed E-state index contributed by atoms with van der Waals surface area (Å²) in [7, 11) is 3.78. The maximum atomic E-state index is 13.8. The molecule has 7 rings (SSSR count). The molecule has 2 fully saturated rings. The Balaban J connectivity index is 1.31. The third-order valence-corrected chi connectivity index (χ3v) is 9.11. The van der Waals surface area contributed by atoms with Gasteiger partial charge >= 0.3 is 0 Å². The van der Waals surface area contributed by atoms with Crippen molar-refractivity contribution in [2.45, 2.75) is 6.54 Å². The number of ether oxygens (including phenoxy) is 1. The summed E-state index contributed by atoms with van der Waals surface area (Å²) >= 11 is 1.43. The SMILES string of the molecule is COc1ccc(CNC(=O)c2c(=O)c3cnc(N4CC5CN(C)CC5C4)nc3n3c2sc2ccccc23)cc1. The lowest BCUT2D eigenvalue weighted by atomic mass is 10.0. The second-order valence-corrected chi connectivity index (χ2v) is 11.5. The maximum absolute atomic E-state index is 13.8. The predicted octanol–water partition coefficient (Wildman–Crippen LogP) is 3.39. The number of methoxy groups -OCH3 is 1. The van der Waals surface area contributed by atoms with Crippen molar-refractivity contribution < 1.29 is 9.53 Å². The molecular formula is C29H28N6O3S. The normalized spacial score (nSPS) is 19.3. The minimum absolute atomic E-state index is 0.118. The van der Waals surface area contributed by atoms with Crippen molar-refractivity contribution in [3.63, 3.8) is 0 Å². The van der Waals surface area contributed by atoms with E-state index >= 15 is 0 Å². The van der Waals surface area contributed by atoms with Crippen LogP contribution in [0, 0.1) is 11.8 Å². The van der Waals surface area contributed by atoms with Gasteiger partial charge in [0.25, 0.3) is 5.91 Å². The molecule has 5 heterocycles. The number of pyridine rings is 1. The minimum Gasteiger partial charge on any atom is -0.497 e. The average molecular weight is 541 g/mol. The maximum Gasteiger partial charge on any atom is 0.258 e. The third-order valence-electron chi connectivity index (χ3n) is 7.96. The summed E-state index contributed by atoms with van der Waals surface area (Å²) < 4.78 is 8.15. The fourth-order valence-corrected chi connectivity index (χ4v) is 7.23. The van der Waals surface area contributed by atoms with Crippen molar-refractivity contribution in [1.82, 2.24) is 24.6 Å². The highest BCUT2D eigenvalue weighted by atomic mass is 32.1. The number of benzene rings is 2. The molecule has 1 amide bonds. The quantitative estimate of drug-likeness (QED) is 0.365. The van der Waals surface area contributed by atoms with Crippen LogP contribution in [0.4, 0.5) is 5.95 Å². The molecule has 0 saturated carbocycles. The van der Waals surface area contributed by atoms with E-state index in [0.29, 0.717) is 40.2 Å². The highest BCUT2D eigenvalue weighted by Crippen LogP contribution is 2.34. The van der Waals surface area contributed by atoms with E-state index in [9.17, 15) is 9.59 Å². The van der Waals surface area contributed by atoms with Crippen LogP contribution in [0.15, 0.2) is 59.5 Å². The smallest absolute Gasteiger partial charge is 0.258 e. The Morgan fingerprint density at radius 2 is 1.82 bits per heavy atom. The van der Waals surface area contributed by atoms with Gasteiger partial charge < -0.3 is 19.9 Å². The van der Waals surface area contributed by atoms with Crippen molar-refractivity contribution in [2.75, 3.05) is 45.2 Å².